The first kappa shape index (κ1) is 20.8. The van der Waals surface area contributed by atoms with E-state index >= 15 is 0 Å². The Morgan fingerprint density at radius 2 is 1.93 bits per heavy atom. The molecular weight excluding hydrogens is 368 g/mol. The number of aromatic nitrogens is 1. The monoisotopic (exact) mass is 396 g/mol. The number of rotatable bonds is 3. The Labute approximate surface area is 171 Å². The van der Waals surface area contributed by atoms with Crippen molar-refractivity contribution < 1.29 is 19.1 Å². The lowest BCUT2D eigenvalue weighted by Crippen LogP contribution is -2.39. The number of pyridine rings is 1. The normalized spacial score (nSPS) is 13.6. The molecule has 0 atom stereocenters. The van der Waals surface area contributed by atoms with Gasteiger partial charge in [0.25, 0.3) is 0 Å². The van der Waals surface area contributed by atoms with Gasteiger partial charge in [-0.2, -0.15) is 0 Å². The van der Waals surface area contributed by atoms with Crippen LogP contribution in [0.5, 0.6) is 0 Å². The number of anilines is 1. The number of nitrogens with zero attached hydrogens (tertiary/aromatic N) is 2. The second kappa shape index (κ2) is 8.23. The maximum atomic E-state index is 12.7. The summed E-state index contributed by atoms with van der Waals surface area (Å²) in [6, 6.07) is 9.75. The SMILES string of the molecule is CCc1ccc(-c2ccc3c(c2)N(C(=O)OC(C)(C)C)CCC3)nc1C(=O)OC. The summed E-state index contributed by atoms with van der Waals surface area (Å²) in [5.41, 5.74) is 4.06. The van der Waals surface area contributed by atoms with Gasteiger partial charge >= 0.3 is 12.1 Å². The van der Waals surface area contributed by atoms with Crippen molar-refractivity contribution in [2.24, 2.45) is 0 Å². The minimum Gasteiger partial charge on any atom is -0.464 e. The third kappa shape index (κ3) is 4.58. The Bertz CT molecular complexity index is 931. The zero-order chi connectivity index (χ0) is 21.2. The molecule has 0 fully saturated rings. The van der Waals surface area contributed by atoms with Crippen molar-refractivity contribution in [2.75, 3.05) is 18.6 Å². The van der Waals surface area contributed by atoms with E-state index in [1.165, 1.54) is 7.11 Å². The van der Waals surface area contributed by atoms with Gasteiger partial charge in [-0.3, -0.25) is 4.90 Å². The number of carbonyl (C=O) groups is 2. The Balaban J connectivity index is 2.01. The highest BCUT2D eigenvalue weighted by molar-refractivity contribution is 5.91. The molecule has 0 aliphatic carbocycles. The summed E-state index contributed by atoms with van der Waals surface area (Å²) in [4.78, 5) is 31.1. The number of esters is 1. The van der Waals surface area contributed by atoms with Gasteiger partial charge in [-0.1, -0.05) is 25.1 Å². The van der Waals surface area contributed by atoms with E-state index in [0.717, 1.165) is 35.2 Å². The number of fused-ring (bicyclic) bond motifs is 1. The average molecular weight is 396 g/mol. The summed E-state index contributed by atoms with van der Waals surface area (Å²) in [6.07, 6.45) is 2.14. The van der Waals surface area contributed by atoms with E-state index in [4.69, 9.17) is 9.47 Å². The molecule has 154 valence electrons. The lowest BCUT2D eigenvalue weighted by molar-refractivity contribution is 0.0573. The Morgan fingerprint density at radius 1 is 1.17 bits per heavy atom. The van der Waals surface area contributed by atoms with Crippen LogP contribution in [-0.2, 0) is 22.3 Å². The van der Waals surface area contributed by atoms with Crippen LogP contribution >= 0.6 is 0 Å². The number of carbonyl (C=O) groups excluding carboxylic acids is 2. The first-order chi connectivity index (χ1) is 13.7. The summed E-state index contributed by atoms with van der Waals surface area (Å²) >= 11 is 0. The van der Waals surface area contributed by atoms with E-state index in [9.17, 15) is 9.59 Å². The Hall–Kier alpha value is -2.89. The Morgan fingerprint density at radius 3 is 2.59 bits per heavy atom. The largest absolute Gasteiger partial charge is 0.464 e. The van der Waals surface area contributed by atoms with Gasteiger partial charge in [0, 0.05) is 12.1 Å². The number of methoxy groups -OCH3 is 1. The van der Waals surface area contributed by atoms with Gasteiger partial charge in [0.2, 0.25) is 0 Å². The third-order valence-corrected chi connectivity index (χ3v) is 4.85. The van der Waals surface area contributed by atoms with E-state index in [1.807, 2.05) is 58.0 Å². The van der Waals surface area contributed by atoms with Crippen LogP contribution in [0, 0.1) is 0 Å². The first-order valence-electron chi connectivity index (χ1n) is 9.95. The lowest BCUT2D eigenvalue weighted by atomic mass is 9.98. The van der Waals surface area contributed by atoms with Crippen molar-refractivity contribution >= 4 is 17.7 Å². The molecule has 0 bridgehead atoms. The molecule has 2 aromatic rings. The molecule has 0 radical (unpaired) electrons. The number of ether oxygens (including phenoxy) is 2. The smallest absolute Gasteiger partial charge is 0.414 e. The molecule has 1 aliphatic heterocycles. The highest BCUT2D eigenvalue weighted by atomic mass is 16.6. The van der Waals surface area contributed by atoms with E-state index in [0.29, 0.717) is 24.4 Å². The molecule has 2 heterocycles. The van der Waals surface area contributed by atoms with Crippen LogP contribution in [0.4, 0.5) is 10.5 Å². The van der Waals surface area contributed by atoms with E-state index in [1.54, 1.807) is 4.90 Å². The van der Waals surface area contributed by atoms with Crippen LogP contribution in [0.3, 0.4) is 0 Å². The first-order valence-corrected chi connectivity index (χ1v) is 9.95. The van der Waals surface area contributed by atoms with Crippen molar-refractivity contribution in [3.05, 3.63) is 47.2 Å². The lowest BCUT2D eigenvalue weighted by Gasteiger charge is -2.32. The molecule has 6 nitrogen and oxygen atoms in total. The van der Waals surface area contributed by atoms with Crippen LogP contribution < -0.4 is 4.90 Å². The van der Waals surface area contributed by atoms with Gasteiger partial charge in [0.15, 0.2) is 5.69 Å². The maximum Gasteiger partial charge on any atom is 0.414 e. The van der Waals surface area contributed by atoms with Gasteiger partial charge in [-0.05, 0) is 63.3 Å². The van der Waals surface area contributed by atoms with Crippen molar-refractivity contribution in [3.63, 3.8) is 0 Å². The molecule has 0 spiro atoms. The predicted octanol–water partition coefficient (Wildman–Crippen LogP) is 4.79. The van der Waals surface area contributed by atoms with Crippen molar-refractivity contribution in [1.29, 1.82) is 0 Å². The molecule has 3 rings (SSSR count). The molecule has 6 heteroatoms. The zero-order valence-electron chi connectivity index (χ0n) is 17.7. The van der Waals surface area contributed by atoms with E-state index in [2.05, 4.69) is 4.98 Å². The molecule has 29 heavy (non-hydrogen) atoms. The number of amides is 1. The van der Waals surface area contributed by atoms with Crippen LogP contribution in [0.1, 0.15) is 55.7 Å². The van der Waals surface area contributed by atoms with Gasteiger partial charge in [0.05, 0.1) is 18.5 Å². The molecule has 0 saturated heterocycles. The fourth-order valence-electron chi connectivity index (χ4n) is 3.45. The average Bonchev–Trinajstić information content (AvgIpc) is 2.70. The third-order valence-electron chi connectivity index (χ3n) is 4.85. The number of aryl methyl sites for hydroxylation is 2. The van der Waals surface area contributed by atoms with Gasteiger partial charge in [-0.15, -0.1) is 0 Å². The van der Waals surface area contributed by atoms with E-state index < -0.39 is 11.6 Å². The topological polar surface area (TPSA) is 68.7 Å². The standard InChI is InChI=1S/C23H28N2O4/c1-6-15-11-12-18(24-20(15)21(26)28-5)17-10-9-16-8-7-13-25(19(16)14-17)22(27)29-23(2,3)4/h9-12,14H,6-8,13H2,1-5H3. The quantitative estimate of drug-likeness (QED) is 0.698. The second-order valence-corrected chi connectivity index (χ2v) is 8.13. The highest BCUT2D eigenvalue weighted by Crippen LogP contribution is 2.33. The number of hydrogen-bond acceptors (Lipinski definition) is 5. The van der Waals surface area contributed by atoms with Crippen LogP contribution in [0.2, 0.25) is 0 Å². The molecular formula is C23H28N2O4. The molecule has 1 aliphatic rings. The molecule has 1 aromatic heterocycles. The summed E-state index contributed by atoms with van der Waals surface area (Å²) < 4.78 is 10.5. The van der Waals surface area contributed by atoms with Crippen molar-refractivity contribution in [2.45, 2.75) is 52.6 Å². The summed E-state index contributed by atoms with van der Waals surface area (Å²) in [6.45, 7) is 8.17. The fraction of sp³-hybridized carbons (Fsp3) is 0.435. The molecule has 1 aromatic carbocycles. The highest BCUT2D eigenvalue weighted by Gasteiger charge is 2.27. The number of benzene rings is 1. The number of hydrogen-bond donors (Lipinski definition) is 0. The zero-order valence-corrected chi connectivity index (χ0v) is 17.7. The summed E-state index contributed by atoms with van der Waals surface area (Å²) in [5, 5.41) is 0. The Kier molecular flexibility index (Phi) is 5.91. The van der Waals surface area contributed by atoms with Crippen molar-refractivity contribution in [3.8, 4) is 11.3 Å². The van der Waals surface area contributed by atoms with Crippen LogP contribution in [-0.4, -0.2) is 36.3 Å². The summed E-state index contributed by atoms with van der Waals surface area (Å²) in [5.74, 6) is -0.447. The maximum absolute atomic E-state index is 12.7. The minimum absolute atomic E-state index is 0.328. The van der Waals surface area contributed by atoms with Gasteiger partial charge < -0.3 is 9.47 Å². The van der Waals surface area contributed by atoms with Crippen LogP contribution in [0.15, 0.2) is 30.3 Å². The minimum atomic E-state index is -0.556. The molecule has 0 N–H and O–H groups in total. The molecule has 0 saturated carbocycles. The van der Waals surface area contributed by atoms with Gasteiger partial charge in [-0.25, -0.2) is 14.6 Å². The van der Waals surface area contributed by atoms with Crippen LogP contribution in [0.25, 0.3) is 11.3 Å². The molecule has 0 unspecified atom stereocenters. The second-order valence-electron chi connectivity index (χ2n) is 8.13. The molecule has 1 amide bonds. The fourth-order valence-corrected chi connectivity index (χ4v) is 3.45. The van der Waals surface area contributed by atoms with Gasteiger partial charge in [0.1, 0.15) is 5.60 Å². The predicted molar refractivity (Wildman–Crippen MR) is 112 cm³/mol. The van der Waals surface area contributed by atoms with E-state index in [-0.39, 0.29) is 6.09 Å². The van der Waals surface area contributed by atoms with Crippen molar-refractivity contribution in [1.82, 2.24) is 4.98 Å². The summed E-state index contributed by atoms with van der Waals surface area (Å²) in [7, 11) is 1.35.